The van der Waals surface area contributed by atoms with E-state index >= 15 is 0 Å². The zero-order valence-corrected chi connectivity index (χ0v) is 12.4. The van der Waals surface area contributed by atoms with Crippen LogP contribution in [0.3, 0.4) is 0 Å². The van der Waals surface area contributed by atoms with Gasteiger partial charge in [-0.1, -0.05) is 12.1 Å². The lowest BCUT2D eigenvalue weighted by molar-refractivity contribution is -0.0327. The molecule has 1 aromatic carbocycles. The SMILES string of the molecule is C[C@H](CF)Nc1cccc2c(SC(F)(F)F)c(C#N)sc12. The molecule has 0 saturated carbocycles. The second kappa shape index (κ2) is 6.12. The molecule has 0 aliphatic carbocycles. The number of anilines is 1. The maximum Gasteiger partial charge on any atom is 0.446 e. The third kappa shape index (κ3) is 3.60. The summed E-state index contributed by atoms with van der Waals surface area (Å²) in [6.07, 6.45) is 0. The first-order chi connectivity index (χ1) is 9.85. The highest BCUT2D eigenvalue weighted by Crippen LogP contribution is 2.47. The summed E-state index contributed by atoms with van der Waals surface area (Å²) in [6.45, 7) is 1.03. The van der Waals surface area contributed by atoms with Gasteiger partial charge in [0.05, 0.1) is 21.3 Å². The normalized spacial score (nSPS) is 13.1. The largest absolute Gasteiger partial charge is 0.446 e. The van der Waals surface area contributed by atoms with E-state index in [0.717, 1.165) is 11.3 Å². The van der Waals surface area contributed by atoms with Crippen LogP contribution in [0.25, 0.3) is 10.1 Å². The maximum absolute atomic E-state index is 12.6. The smallest absolute Gasteiger partial charge is 0.379 e. The first kappa shape index (κ1) is 15.9. The second-order valence-corrected chi connectivity index (χ2v) is 6.40. The summed E-state index contributed by atoms with van der Waals surface area (Å²) in [6, 6.07) is 6.12. The van der Waals surface area contributed by atoms with Gasteiger partial charge in [-0.15, -0.1) is 11.3 Å². The van der Waals surface area contributed by atoms with Crippen LogP contribution in [-0.2, 0) is 0 Å². The van der Waals surface area contributed by atoms with Gasteiger partial charge in [0.2, 0.25) is 0 Å². The molecule has 112 valence electrons. The number of nitrogens with zero attached hydrogens (tertiary/aromatic N) is 1. The molecule has 0 unspecified atom stereocenters. The van der Waals surface area contributed by atoms with Gasteiger partial charge in [0.15, 0.2) is 0 Å². The Morgan fingerprint density at radius 1 is 1.43 bits per heavy atom. The monoisotopic (exact) mass is 334 g/mol. The lowest BCUT2D eigenvalue weighted by atomic mass is 10.2. The number of nitrogens with one attached hydrogen (secondary N) is 1. The number of hydrogen-bond donors (Lipinski definition) is 1. The second-order valence-electron chi connectivity index (χ2n) is 4.30. The highest BCUT2D eigenvalue weighted by atomic mass is 32.2. The molecule has 0 spiro atoms. The number of halogens is 4. The van der Waals surface area contributed by atoms with Crippen molar-refractivity contribution >= 4 is 38.9 Å². The van der Waals surface area contributed by atoms with Crippen LogP contribution in [-0.4, -0.2) is 18.2 Å². The van der Waals surface area contributed by atoms with E-state index in [4.69, 9.17) is 5.26 Å². The Balaban J connectivity index is 2.55. The predicted octanol–water partition coefficient (Wildman–Crippen LogP) is 5.15. The number of benzene rings is 1. The van der Waals surface area contributed by atoms with E-state index in [0.29, 0.717) is 15.8 Å². The fourth-order valence-electron chi connectivity index (χ4n) is 1.80. The average Bonchev–Trinajstić information content (AvgIpc) is 2.76. The van der Waals surface area contributed by atoms with E-state index in [9.17, 15) is 17.6 Å². The van der Waals surface area contributed by atoms with Crippen LogP contribution in [0.1, 0.15) is 11.8 Å². The Morgan fingerprint density at radius 3 is 2.71 bits per heavy atom. The van der Waals surface area contributed by atoms with Gasteiger partial charge in [-0.05, 0) is 24.8 Å². The summed E-state index contributed by atoms with van der Waals surface area (Å²) in [7, 11) is 0. The molecule has 0 saturated heterocycles. The van der Waals surface area contributed by atoms with E-state index in [2.05, 4.69) is 5.32 Å². The van der Waals surface area contributed by atoms with Crippen molar-refractivity contribution in [2.75, 3.05) is 12.0 Å². The minimum atomic E-state index is -4.46. The molecule has 1 N–H and O–H groups in total. The summed E-state index contributed by atoms with van der Waals surface area (Å²) in [4.78, 5) is -0.0870. The van der Waals surface area contributed by atoms with E-state index in [1.807, 2.05) is 0 Å². The van der Waals surface area contributed by atoms with E-state index < -0.39 is 18.2 Å². The summed E-state index contributed by atoms with van der Waals surface area (Å²) in [5, 5.41) is 12.3. The third-order valence-corrected chi connectivity index (χ3v) is 4.76. The summed E-state index contributed by atoms with van der Waals surface area (Å²) >= 11 is 0.684. The van der Waals surface area contributed by atoms with Crippen LogP contribution >= 0.6 is 23.1 Å². The van der Waals surface area contributed by atoms with Gasteiger partial charge in [0, 0.05) is 5.39 Å². The molecular formula is C13H10F4N2S2. The fourth-order valence-corrected chi connectivity index (χ4v) is 3.74. The Hall–Kier alpha value is -1.46. The number of hydrogen-bond acceptors (Lipinski definition) is 4. The molecule has 8 heteroatoms. The minimum Gasteiger partial charge on any atom is -0.379 e. The Labute approximate surface area is 126 Å². The maximum atomic E-state index is 12.6. The molecule has 0 radical (unpaired) electrons. The molecule has 0 fully saturated rings. The number of nitriles is 1. The molecule has 2 nitrogen and oxygen atoms in total. The van der Waals surface area contributed by atoms with Crippen LogP contribution in [0, 0.1) is 11.3 Å². The van der Waals surface area contributed by atoms with Crippen LogP contribution in [0.5, 0.6) is 0 Å². The van der Waals surface area contributed by atoms with Gasteiger partial charge in [0.25, 0.3) is 0 Å². The van der Waals surface area contributed by atoms with Gasteiger partial charge >= 0.3 is 5.51 Å². The molecule has 1 aromatic heterocycles. The van der Waals surface area contributed by atoms with Crippen LogP contribution in [0.15, 0.2) is 23.1 Å². The highest BCUT2D eigenvalue weighted by molar-refractivity contribution is 8.00. The Bertz CT molecular complexity index is 688. The molecule has 0 aliphatic rings. The lowest BCUT2D eigenvalue weighted by Crippen LogP contribution is -2.16. The van der Waals surface area contributed by atoms with Crippen molar-refractivity contribution in [1.82, 2.24) is 0 Å². The topological polar surface area (TPSA) is 35.8 Å². The fraction of sp³-hybridized carbons (Fsp3) is 0.308. The lowest BCUT2D eigenvalue weighted by Gasteiger charge is -2.12. The molecule has 1 atom stereocenters. The standard InChI is InChI=1S/C13H10F4N2S2/c1-7(5-14)19-9-4-2-3-8-11(9)20-10(6-18)12(8)21-13(15,16)17/h2-4,7,19H,5H2,1H3/t7-/m1/s1. The number of thiophene rings is 1. The van der Waals surface area contributed by atoms with Crippen molar-refractivity contribution in [3.8, 4) is 6.07 Å². The van der Waals surface area contributed by atoms with Crippen molar-refractivity contribution in [3.63, 3.8) is 0 Å². The molecule has 0 amide bonds. The Morgan fingerprint density at radius 2 is 2.14 bits per heavy atom. The van der Waals surface area contributed by atoms with Crippen LogP contribution in [0.2, 0.25) is 0 Å². The number of alkyl halides is 4. The predicted molar refractivity (Wildman–Crippen MR) is 77.5 cm³/mol. The van der Waals surface area contributed by atoms with E-state index in [1.54, 1.807) is 25.1 Å². The van der Waals surface area contributed by atoms with E-state index in [-0.39, 0.29) is 21.5 Å². The molecule has 0 bridgehead atoms. The number of fused-ring (bicyclic) bond motifs is 1. The summed E-state index contributed by atoms with van der Waals surface area (Å²) < 4.78 is 51.0. The van der Waals surface area contributed by atoms with E-state index in [1.165, 1.54) is 6.07 Å². The summed E-state index contributed by atoms with van der Waals surface area (Å²) in [5.41, 5.74) is -3.93. The van der Waals surface area contributed by atoms with Crippen LogP contribution < -0.4 is 5.32 Å². The summed E-state index contributed by atoms with van der Waals surface area (Å²) in [5.74, 6) is 0. The van der Waals surface area contributed by atoms with Gasteiger partial charge in [-0.3, -0.25) is 0 Å². The van der Waals surface area contributed by atoms with Crippen molar-refractivity contribution in [2.45, 2.75) is 23.4 Å². The van der Waals surface area contributed by atoms with Crippen molar-refractivity contribution < 1.29 is 17.6 Å². The van der Waals surface area contributed by atoms with Crippen molar-refractivity contribution in [2.24, 2.45) is 0 Å². The van der Waals surface area contributed by atoms with Gasteiger partial charge in [0.1, 0.15) is 17.6 Å². The molecule has 2 rings (SSSR count). The molecular weight excluding hydrogens is 324 g/mol. The molecule has 0 aliphatic heterocycles. The minimum absolute atomic E-state index is 0.00877. The number of rotatable bonds is 4. The average molecular weight is 334 g/mol. The van der Waals surface area contributed by atoms with Crippen molar-refractivity contribution in [1.29, 1.82) is 5.26 Å². The van der Waals surface area contributed by atoms with Gasteiger partial charge < -0.3 is 5.32 Å². The quantitative estimate of drug-likeness (QED) is 0.620. The highest BCUT2D eigenvalue weighted by Gasteiger charge is 2.32. The zero-order chi connectivity index (χ0) is 15.6. The van der Waals surface area contributed by atoms with Gasteiger partial charge in [-0.2, -0.15) is 18.4 Å². The number of thioether (sulfide) groups is 1. The van der Waals surface area contributed by atoms with Crippen LogP contribution in [0.4, 0.5) is 23.2 Å². The molecule has 1 heterocycles. The van der Waals surface area contributed by atoms with Gasteiger partial charge in [-0.25, -0.2) is 4.39 Å². The molecule has 2 aromatic rings. The Kier molecular flexibility index (Phi) is 4.64. The van der Waals surface area contributed by atoms with Crippen molar-refractivity contribution in [3.05, 3.63) is 23.1 Å². The first-order valence-electron chi connectivity index (χ1n) is 5.89. The molecule has 21 heavy (non-hydrogen) atoms. The first-order valence-corrected chi connectivity index (χ1v) is 7.53. The third-order valence-electron chi connectivity index (χ3n) is 2.62. The zero-order valence-electron chi connectivity index (χ0n) is 10.8.